The SMILES string of the molecule is NCc1cnc(OCCCO)cn1. The third-order valence-electron chi connectivity index (χ3n) is 1.44. The summed E-state index contributed by atoms with van der Waals surface area (Å²) in [7, 11) is 0. The fraction of sp³-hybridized carbons (Fsp3) is 0.500. The molecule has 0 fully saturated rings. The van der Waals surface area contributed by atoms with Crippen LogP contribution < -0.4 is 10.5 Å². The molecule has 1 aromatic rings. The lowest BCUT2D eigenvalue weighted by Crippen LogP contribution is -2.04. The van der Waals surface area contributed by atoms with Crippen LogP contribution in [0.25, 0.3) is 0 Å². The molecular weight excluding hydrogens is 170 g/mol. The number of aliphatic hydroxyl groups is 1. The Morgan fingerprint density at radius 3 is 2.77 bits per heavy atom. The molecule has 0 aromatic carbocycles. The molecule has 3 N–H and O–H groups in total. The summed E-state index contributed by atoms with van der Waals surface area (Å²) in [5.41, 5.74) is 6.08. The van der Waals surface area contributed by atoms with Gasteiger partial charge in [0.05, 0.1) is 24.7 Å². The Kier molecular flexibility index (Phi) is 4.14. The van der Waals surface area contributed by atoms with Gasteiger partial charge in [0, 0.05) is 19.6 Å². The number of rotatable bonds is 5. The Morgan fingerprint density at radius 2 is 2.23 bits per heavy atom. The van der Waals surface area contributed by atoms with Crippen molar-refractivity contribution in [3.05, 3.63) is 18.1 Å². The smallest absolute Gasteiger partial charge is 0.232 e. The Hall–Kier alpha value is -1.20. The Balaban J connectivity index is 2.40. The number of ether oxygens (including phenoxy) is 1. The summed E-state index contributed by atoms with van der Waals surface area (Å²) in [6, 6.07) is 0. The van der Waals surface area contributed by atoms with Gasteiger partial charge in [-0.15, -0.1) is 0 Å². The molecule has 0 atom stereocenters. The molecule has 0 saturated carbocycles. The zero-order valence-electron chi connectivity index (χ0n) is 7.31. The van der Waals surface area contributed by atoms with Gasteiger partial charge in [-0.25, -0.2) is 4.98 Å². The van der Waals surface area contributed by atoms with Gasteiger partial charge >= 0.3 is 0 Å². The molecule has 13 heavy (non-hydrogen) atoms. The molecule has 0 radical (unpaired) electrons. The normalized spacial score (nSPS) is 10.0. The van der Waals surface area contributed by atoms with Crippen LogP contribution in [0.15, 0.2) is 12.4 Å². The van der Waals surface area contributed by atoms with E-state index in [1.807, 2.05) is 0 Å². The molecule has 1 aromatic heterocycles. The van der Waals surface area contributed by atoms with E-state index in [1.165, 1.54) is 6.20 Å². The first-order valence-electron chi connectivity index (χ1n) is 4.11. The lowest BCUT2D eigenvalue weighted by Gasteiger charge is -2.03. The summed E-state index contributed by atoms with van der Waals surface area (Å²) < 4.78 is 5.17. The minimum Gasteiger partial charge on any atom is -0.476 e. The quantitative estimate of drug-likeness (QED) is 0.612. The minimum absolute atomic E-state index is 0.119. The van der Waals surface area contributed by atoms with Crippen LogP contribution in [0.3, 0.4) is 0 Å². The van der Waals surface area contributed by atoms with Crippen molar-refractivity contribution in [1.82, 2.24) is 9.97 Å². The van der Waals surface area contributed by atoms with E-state index in [0.29, 0.717) is 25.5 Å². The second kappa shape index (κ2) is 5.45. The van der Waals surface area contributed by atoms with Crippen LogP contribution >= 0.6 is 0 Å². The summed E-state index contributed by atoms with van der Waals surface area (Å²) >= 11 is 0. The number of hydrogen-bond acceptors (Lipinski definition) is 5. The van der Waals surface area contributed by atoms with E-state index < -0.39 is 0 Å². The monoisotopic (exact) mass is 183 g/mol. The summed E-state index contributed by atoms with van der Waals surface area (Å²) in [5.74, 6) is 0.464. The van der Waals surface area contributed by atoms with Gasteiger partial charge in [-0.1, -0.05) is 0 Å². The Labute approximate surface area is 76.6 Å². The van der Waals surface area contributed by atoms with Crippen molar-refractivity contribution in [3.8, 4) is 5.88 Å². The van der Waals surface area contributed by atoms with Crippen molar-refractivity contribution in [1.29, 1.82) is 0 Å². The molecule has 0 unspecified atom stereocenters. The van der Waals surface area contributed by atoms with E-state index in [2.05, 4.69) is 9.97 Å². The molecule has 0 aliphatic carbocycles. The molecule has 72 valence electrons. The van der Waals surface area contributed by atoms with Gasteiger partial charge in [-0.2, -0.15) is 0 Å². The number of hydrogen-bond donors (Lipinski definition) is 2. The molecule has 0 spiro atoms. The number of aliphatic hydroxyl groups excluding tert-OH is 1. The number of nitrogens with zero attached hydrogens (tertiary/aromatic N) is 2. The van der Waals surface area contributed by atoms with Gasteiger partial charge in [0.25, 0.3) is 0 Å². The molecule has 5 nitrogen and oxygen atoms in total. The molecule has 1 rings (SSSR count). The van der Waals surface area contributed by atoms with E-state index in [4.69, 9.17) is 15.6 Å². The highest BCUT2D eigenvalue weighted by Gasteiger charge is 1.96. The van der Waals surface area contributed by atoms with Crippen LogP contribution in [0.1, 0.15) is 12.1 Å². The van der Waals surface area contributed by atoms with Crippen LogP contribution in [0.4, 0.5) is 0 Å². The first kappa shape index (κ1) is 9.88. The number of aromatic nitrogens is 2. The third kappa shape index (κ3) is 3.35. The van der Waals surface area contributed by atoms with E-state index in [0.717, 1.165) is 5.69 Å². The van der Waals surface area contributed by atoms with Gasteiger partial charge in [-0.05, 0) is 0 Å². The predicted molar refractivity (Wildman–Crippen MR) is 47.1 cm³/mol. The van der Waals surface area contributed by atoms with Crippen molar-refractivity contribution in [3.63, 3.8) is 0 Å². The molecule has 0 saturated heterocycles. The van der Waals surface area contributed by atoms with Gasteiger partial charge in [0.2, 0.25) is 5.88 Å². The highest BCUT2D eigenvalue weighted by molar-refractivity contribution is 5.06. The van der Waals surface area contributed by atoms with E-state index in [1.54, 1.807) is 6.20 Å². The van der Waals surface area contributed by atoms with Crippen molar-refractivity contribution < 1.29 is 9.84 Å². The fourth-order valence-electron chi connectivity index (χ4n) is 0.764. The standard InChI is InChI=1S/C8H13N3O2/c9-4-7-5-11-8(6-10-7)13-3-1-2-12/h5-6,12H,1-4,9H2. The van der Waals surface area contributed by atoms with E-state index in [9.17, 15) is 0 Å². The summed E-state index contributed by atoms with van der Waals surface area (Å²) in [5, 5.41) is 8.49. The molecular formula is C8H13N3O2. The van der Waals surface area contributed by atoms with Gasteiger partial charge in [-0.3, -0.25) is 4.98 Å². The van der Waals surface area contributed by atoms with Crippen LogP contribution in [-0.2, 0) is 6.54 Å². The molecule has 0 amide bonds. The number of nitrogens with two attached hydrogens (primary N) is 1. The molecule has 0 bridgehead atoms. The van der Waals surface area contributed by atoms with Crippen LogP contribution in [0.5, 0.6) is 5.88 Å². The first-order chi connectivity index (χ1) is 6.36. The molecule has 1 heterocycles. The molecule has 0 aliphatic heterocycles. The zero-order chi connectivity index (χ0) is 9.52. The topological polar surface area (TPSA) is 81.3 Å². The summed E-state index contributed by atoms with van der Waals surface area (Å²) in [6.07, 6.45) is 3.70. The highest BCUT2D eigenvalue weighted by Crippen LogP contribution is 2.03. The summed E-state index contributed by atoms with van der Waals surface area (Å²) in [4.78, 5) is 7.98. The Morgan fingerprint density at radius 1 is 1.38 bits per heavy atom. The van der Waals surface area contributed by atoms with Crippen molar-refractivity contribution in [2.45, 2.75) is 13.0 Å². The minimum atomic E-state index is 0.119. The average molecular weight is 183 g/mol. The first-order valence-corrected chi connectivity index (χ1v) is 4.11. The highest BCUT2D eigenvalue weighted by atomic mass is 16.5. The Bertz CT molecular complexity index is 238. The fourth-order valence-corrected chi connectivity index (χ4v) is 0.764. The van der Waals surface area contributed by atoms with E-state index in [-0.39, 0.29) is 6.61 Å². The van der Waals surface area contributed by atoms with Gasteiger partial charge in [0.1, 0.15) is 0 Å². The second-order valence-corrected chi connectivity index (χ2v) is 2.48. The third-order valence-corrected chi connectivity index (χ3v) is 1.44. The van der Waals surface area contributed by atoms with Crippen molar-refractivity contribution in [2.24, 2.45) is 5.73 Å². The maximum atomic E-state index is 8.49. The lowest BCUT2D eigenvalue weighted by atomic mass is 10.4. The average Bonchev–Trinajstić information content (AvgIpc) is 2.19. The van der Waals surface area contributed by atoms with Gasteiger partial charge < -0.3 is 15.6 Å². The maximum Gasteiger partial charge on any atom is 0.232 e. The largest absolute Gasteiger partial charge is 0.476 e. The van der Waals surface area contributed by atoms with Gasteiger partial charge in [0.15, 0.2) is 0 Å². The lowest BCUT2D eigenvalue weighted by molar-refractivity contribution is 0.228. The maximum absolute atomic E-state index is 8.49. The second-order valence-electron chi connectivity index (χ2n) is 2.48. The molecule has 0 aliphatic rings. The van der Waals surface area contributed by atoms with Crippen molar-refractivity contribution in [2.75, 3.05) is 13.2 Å². The van der Waals surface area contributed by atoms with Crippen LogP contribution in [-0.4, -0.2) is 28.3 Å². The van der Waals surface area contributed by atoms with Crippen molar-refractivity contribution >= 4 is 0 Å². The zero-order valence-corrected chi connectivity index (χ0v) is 7.31. The summed E-state index contributed by atoms with van der Waals surface area (Å²) in [6.45, 7) is 0.950. The van der Waals surface area contributed by atoms with Crippen LogP contribution in [0, 0.1) is 0 Å². The predicted octanol–water partition coefficient (Wildman–Crippen LogP) is -0.304. The van der Waals surface area contributed by atoms with E-state index >= 15 is 0 Å². The van der Waals surface area contributed by atoms with Crippen LogP contribution in [0.2, 0.25) is 0 Å². The molecule has 5 heteroatoms.